The summed E-state index contributed by atoms with van der Waals surface area (Å²) in [6.07, 6.45) is -3.90. The molecule has 1 unspecified atom stereocenters. The minimum absolute atomic E-state index is 0.239. The van der Waals surface area contributed by atoms with Crippen molar-refractivity contribution in [2.75, 3.05) is 13.6 Å². The van der Waals surface area contributed by atoms with E-state index in [-0.39, 0.29) is 12.6 Å². The van der Waals surface area contributed by atoms with Gasteiger partial charge in [0.25, 0.3) is 5.91 Å². The second kappa shape index (κ2) is 4.99. The minimum Gasteiger partial charge on any atom is -0.349 e. The Balaban J connectivity index is 2.45. The van der Waals surface area contributed by atoms with Gasteiger partial charge in [0.05, 0.1) is 0 Å². The molecule has 1 N–H and O–H groups in total. The quantitative estimate of drug-likeness (QED) is 0.775. The van der Waals surface area contributed by atoms with Crippen LogP contribution in [0, 0.1) is 0 Å². The highest BCUT2D eigenvalue weighted by Gasteiger charge is 2.63. The van der Waals surface area contributed by atoms with Crippen LogP contribution >= 0.6 is 0 Å². The fourth-order valence-corrected chi connectivity index (χ4v) is 1.47. The van der Waals surface area contributed by atoms with E-state index in [1.165, 1.54) is 0 Å². The standard InChI is InChI=1S/C10H15F5N2O/c1-6(17(2)7-3-4-7)5-16-8(18)9(11,12)10(13,14)15/h6-7H,3-5H2,1-2H3,(H,16,18). The number of halogens is 5. The molecule has 1 aliphatic rings. The minimum atomic E-state index is -5.86. The summed E-state index contributed by atoms with van der Waals surface area (Å²) in [6.45, 7) is 1.42. The Labute approximate surface area is 101 Å². The van der Waals surface area contributed by atoms with Gasteiger partial charge in [-0.2, -0.15) is 22.0 Å². The van der Waals surface area contributed by atoms with E-state index >= 15 is 0 Å². The number of nitrogens with zero attached hydrogens (tertiary/aromatic N) is 1. The predicted octanol–water partition coefficient (Wildman–Crippen LogP) is 1.78. The molecule has 1 atom stereocenters. The van der Waals surface area contributed by atoms with Crippen LogP contribution < -0.4 is 5.32 Å². The van der Waals surface area contributed by atoms with E-state index in [1.54, 1.807) is 19.3 Å². The van der Waals surface area contributed by atoms with Crippen LogP contribution in [0.3, 0.4) is 0 Å². The molecule has 0 saturated heterocycles. The van der Waals surface area contributed by atoms with Gasteiger partial charge in [0.15, 0.2) is 0 Å². The fourth-order valence-electron chi connectivity index (χ4n) is 1.47. The van der Waals surface area contributed by atoms with Crippen molar-refractivity contribution in [3.8, 4) is 0 Å². The molecule has 3 nitrogen and oxygen atoms in total. The summed E-state index contributed by atoms with van der Waals surface area (Å²) >= 11 is 0. The third-order valence-electron chi connectivity index (χ3n) is 3.02. The molecule has 0 aliphatic heterocycles. The first-order valence-corrected chi connectivity index (χ1v) is 5.52. The first kappa shape index (κ1) is 15.1. The van der Waals surface area contributed by atoms with Crippen molar-refractivity contribution < 1.29 is 26.7 Å². The van der Waals surface area contributed by atoms with Crippen molar-refractivity contribution >= 4 is 5.91 Å². The lowest BCUT2D eigenvalue weighted by Gasteiger charge is -2.26. The third-order valence-corrected chi connectivity index (χ3v) is 3.02. The zero-order valence-corrected chi connectivity index (χ0v) is 10.0. The largest absolute Gasteiger partial charge is 0.463 e. The normalized spacial score (nSPS) is 18.9. The molecule has 0 heterocycles. The number of carbonyl (C=O) groups excluding carboxylic acids is 1. The molecule has 1 aliphatic carbocycles. The number of amides is 1. The Morgan fingerprint density at radius 3 is 2.22 bits per heavy atom. The Hall–Kier alpha value is -0.920. The molecule has 18 heavy (non-hydrogen) atoms. The molecule has 0 aromatic heterocycles. The van der Waals surface area contributed by atoms with Crippen LogP contribution in [0.1, 0.15) is 19.8 Å². The number of carbonyl (C=O) groups is 1. The van der Waals surface area contributed by atoms with E-state index in [1.807, 2.05) is 4.90 Å². The third kappa shape index (κ3) is 3.30. The summed E-state index contributed by atoms with van der Waals surface area (Å²) < 4.78 is 60.8. The Morgan fingerprint density at radius 2 is 1.83 bits per heavy atom. The van der Waals surface area contributed by atoms with E-state index < -0.39 is 18.0 Å². The zero-order valence-electron chi connectivity index (χ0n) is 10.0. The van der Waals surface area contributed by atoms with Gasteiger partial charge in [-0.25, -0.2) is 0 Å². The molecule has 0 spiro atoms. The van der Waals surface area contributed by atoms with Crippen LogP contribution in [0.5, 0.6) is 0 Å². The molecular weight excluding hydrogens is 259 g/mol. The summed E-state index contributed by atoms with van der Waals surface area (Å²) in [7, 11) is 1.75. The van der Waals surface area contributed by atoms with E-state index in [2.05, 4.69) is 0 Å². The number of alkyl halides is 5. The monoisotopic (exact) mass is 274 g/mol. The maximum Gasteiger partial charge on any atom is 0.463 e. The maximum atomic E-state index is 12.6. The van der Waals surface area contributed by atoms with Crippen LogP contribution in [-0.2, 0) is 4.79 Å². The van der Waals surface area contributed by atoms with Gasteiger partial charge in [-0.15, -0.1) is 0 Å². The summed E-state index contributed by atoms with van der Waals surface area (Å²) in [5.74, 6) is -7.64. The first-order chi connectivity index (χ1) is 8.07. The highest BCUT2D eigenvalue weighted by molar-refractivity contribution is 5.84. The van der Waals surface area contributed by atoms with Crippen LogP contribution in [0.2, 0.25) is 0 Å². The van der Waals surface area contributed by atoms with Gasteiger partial charge < -0.3 is 5.32 Å². The van der Waals surface area contributed by atoms with Crippen LogP contribution in [0.25, 0.3) is 0 Å². The van der Waals surface area contributed by atoms with Crippen molar-refractivity contribution in [1.29, 1.82) is 0 Å². The SMILES string of the molecule is CC(CNC(=O)C(F)(F)C(F)(F)F)N(C)C1CC1. The summed E-state index contributed by atoms with van der Waals surface area (Å²) in [5, 5.41) is 1.64. The van der Waals surface area contributed by atoms with Gasteiger partial charge in [-0.3, -0.25) is 9.69 Å². The highest BCUT2D eigenvalue weighted by Crippen LogP contribution is 2.35. The molecule has 1 fully saturated rings. The average Bonchev–Trinajstić information content (AvgIpc) is 3.06. The lowest BCUT2D eigenvalue weighted by Crippen LogP contribution is -2.52. The van der Waals surface area contributed by atoms with E-state index in [0.717, 1.165) is 12.8 Å². The van der Waals surface area contributed by atoms with Crippen LogP contribution in [0.15, 0.2) is 0 Å². The Morgan fingerprint density at radius 1 is 1.33 bits per heavy atom. The van der Waals surface area contributed by atoms with Crippen LogP contribution in [-0.4, -0.2) is 48.6 Å². The first-order valence-electron chi connectivity index (χ1n) is 5.52. The maximum absolute atomic E-state index is 12.6. The number of likely N-dealkylation sites (N-methyl/N-ethyl adjacent to an activating group) is 1. The average molecular weight is 274 g/mol. The molecule has 1 amide bonds. The second-order valence-corrected chi connectivity index (χ2v) is 4.53. The van der Waals surface area contributed by atoms with E-state index in [9.17, 15) is 26.7 Å². The molecule has 0 radical (unpaired) electrons. The van der Waals surface area contributed by atoms with Crippen molar-refractivity contribution in [2.24, 2.45) is 0 Å². The summed E-state index contributed by atoms with van der Waals surface area (Å²) in [4.78, 5) is 12.7. The van der Waals surface area contributed by atoms with Gasteiger partial charge >= 0.3 is 12.1 Å². The highest BCUT2D eigenvalue weighted by atomic mass is 19.4. The Bertz CT molecular complexity index is 314. The van der Waals surface area contributed by atoms with Crippen molar-refractivity contribution in [3.05, 3.63) is 0 Å². The fraction of sp³-hybridized carbons (Fsp3) is 0.900. The van der Waals surface area contributed by atoms with Crippen LogP contribution in [0.4, 0.5) is 22.0 Å². The molecule has 1 rings (SSSR count). The smallest absolute Gasteiger partial charge is 0.349 e. The lowest BCUT2D eigenvalue weighted by atomic mass is 10.2. The molecule has 8 heteroatoms. The number of nitrogens with one attached hydrogen (secondary N) is 1. The molecular formula is C10H15F5N2O. The number of hydrogen-bond donors (Lipinski definition) is 1. The lowest BCUT2D eigenvalue weighted by molar-refractivity contribution is -0.269. The summed E-state index contributed by atoms with van der Waals surface area (Å²) in [5.41, 5.74) is 0. The van der Waals surface area contributed by atoms with Crippen molar-refractivity contribution in [3.63, 3.8) is 0 Å². The van der Waals surface area contributed by atoms with Gasteiger partial charge in [-0.05, 0) is 26.8 Å². The molecule has 1 saturated carbocycles. The summed E-state index contributed by atoms with van der Waals surface area (Å²) in [6, 6.07) is 0.0468. The van der Waals surface area contributed by atoms with Crippen molar-refractivity contribution in [2.45, 2.75) is 43.9 Å². The topological polar surface area (TPSA) is 32.3 Å². The number of hydrogen-bond acceptors (Lipinski definition) is 2. The molecule has 0 aromatic rings. The second-order valence-electron chi connectivity index (χ2n) is 4.53. The van der Waals surface area contributed by atoms with Crippen molar-refractivity contribution in [1.82, 2.24) is 10.2 Å². The van der Waals surface area contributed by atoms with Gasteiger partial charge in [0.2, 0.25) is 0 Å². The van der Waals surface area contributed by atoms with E-state index in [4.69, 9.17) is 0 Å². The van der Waals surface area contributed by atoms with E-state index in [0.29, 0.717) is 6.04 Å². The Kier molecular flexibility index (Phi) is 4.19. The van der Waals surface area contributed by atoms with Gasteiger partial charge in [0.1, 0.15) is 0 Å². The molecule has 0 aromatic carbocycles. The predicted molar refractivity (Wildman–Crippen MR) is 54.3 cm³/mol. The van der Waals surface area contributed by atoms with Gasteiger partial charge in [-0.1, -0.05) is 0 Å². The number of rotatable bonds is 5. The van der Waals surface area contributed by atoms with Gasteiger partial charge in [0, 0.05) is 18.6 Å². The molecule has 0 bridgehead atoms. The molecule has 106 valence electrons. The zero-order chi connectivity index (χ0) is 14.1.